The summed E-state index contributed by atoms with van der Waals surface area (Å²) in [5, 5.41) is 3.82. The summed E-state index contributed by atoms with van der Waals surface area (Å²) >= 11 is 0. The Morgan fingerprint density at radius 1 is 1.67 bits per heavy atom. The molecule has 0 saturated carbocycles. The van der Waals surface area contributed by atoms with E-state index >= 15 is 0 Å². The SMILES string of the molecule is NCC=Cn1cncn1. The Hall–Kier alpha value is -1.16. The summed E-state index contributed by atoms with van der Waals surface area (Å²) in [6, 6.07) is 0. The summed E-state index contributed by atoms with van der Waals surface area (Å²) in [5.41, 5.74) is 5.20. The number of aromatic nitrogens is 3. The van der Waals surface area contributed by atoms with Crippen LogP contribution < -0.4 is 5.73 Å². The maximum absolute atomic E-state index is 5.20. The fourth-order valence-electron chi connectivity index (χ4n) is 0.463. The molecule has 0 spiro atoms. The third kappa shape index (κ3) is 1.65. The van der Waals surface area contributed by atoms with Gasteiger partial charge in [0, 0.05) is 12.7 Å². The van der Waals surface area contributed by atoms with Gasteiger partial charge in [-0.15, -0.1) is 0 Å². The van der Waals surface area contributed by atoms with E-state index < -0.39 is 0 Å². The van der Waals surface area contributed by atoms with Gasteiger partial charge in [0.25, 0.3) is 0 Å². The number of rotatable bonds is 2. The molecule has 0 atom stereocenters. The molecule has 0 unspecified atom stereocenters. The fourth-order valence-corrected chi connectivity index (χ4v) is 0.463. The highest BCUT2D eigenvalue weighted by Gasteiger charge is 1.77. The molecule has 2 N–H and O–H groups in total. The molecule has 0 aliphatic rings. The number of nitrogens with two attached hydrogens (primary N) is 1. The predicted molar refractivity (Wildman–Crippen MR) is 34.4 cm³/mol. The number of nitrogens with zero attached hydrogens (tertiary/aromatic N) is 3. The van der Waals surface area contributed by atoms with Gasteiger partial charge in [0.15, 0.2) is 0 Å². The van der Waals surface area contributed by atoms with Crippen LogP contribution in [0.3, 0.4) is 0 Å². The van der Waals surface area contributed by atoms with E-state index in [-0.39, 0.29) is 0 Å². The second-order valence-electron chi connectivity index (χ2n) is 1.50. The van der Waals surface area contributed by atoms with Crippen molar-refractivity contribution in [3.05, 3.63) is 18.7 Å². The molecule has 4 heteroatoms. The average Bonchev–Trinajstić information content (AvgIpc) is 2.34. The smallest absolute Gasteiger partial charge is 0.138 e. The zero-order valence-electron chi connectivity index (χ0n) is 4.94. The Kier molecular flexibility index (Phi) is 1.98. The summed E-state index contributed by atoms with van der Waals surface area (Å²) in [4.78, 5) is 3.73. The number of hydrogen-bond donors (Lipinski definition) is 1. The van der Waals surface area contributed by atoms with Gasteiger partial charge in [-0.05, 0) is 0 Å². The van der Waals surface area contributed by atoms with Crippen molar-refractivity contribution in [3.63, 3.8) is 0 Å². The fraction of sp³-hybridized carbons (Fsp3) is 0.200. The highest BCUT2D eigenvalue weighted by atomic mass is 15.3. The lowest BCUT2D eigenvalue weighted by Crippen LogP contribution is -1.94. The Morgan fingerprint density at radius 2 is 2.56 bits per heavy atom. The molecule has 0 radical (unpaired) electrons. The minimum Gasteiger partial charge on any atom is -0.327 e. The summed E-state index contributed by atoms with van der Waals surface area (Å²) < 4.78 is 1.59. The van der Waals surface area contributed by atoms with Crippen molar-refractivity contribution in [1.82, 2.24) is 14.8 Å². The molecule has 4 nitrogen and oxygen atoms in total. The lowest BCUT2D eigenvalue weighted by atomic mass is 10.6. The molecule has 1 rings (SSSR count). The summed E-state index contributed by atoms with van der Waals surface area (Å²) in [5.74, 6) is 0. The molecule has 0 aliphatic heterocycles. The molecule has 1 aromatic rings. The average molecular weight is 124 g/mol. The van der Waals surface area contributed by atoms with Crippen LogP contribution >= 0.6 is 0 Å². The highest BCUT2D eigenvalue weighted by molar-refractivity contribution is 5.18. The molecule has 0 bridgehead atoms. The quantitative estimate of drug-likeness (QED) is 0.589. The van der Waals surface area contributed by atoms with E-state index in [4.69, 9.17) is 5.73 Å². The maximum atomic E-state index is 5.20. The van der Waals surface area contributed by atoms with E-state index in [1.807, 2.05) is 0 Å². The van der Waals surface area contributed by atoms with Gasteiger partial charge in [-0.1, -0.05) is 6.08 Å². The molecule has 0 fully saturated rings. The van der Waals surface area contributed by atoms with Gasteiger partial charge < -0.3 is 5.73 Å². The van der Waals surface area contributed by atoms with E-state index in [1.165, 1.54) is 6.33 Å². The van der Waals surface area contributed by atoms with Gasteiger partial charge >= 0.3 is 0 Å². The Bertz CT molecular complexity index is 177. The zero-order valence-corrected chi connectivity index (χ0v) is 4.94. The van der Waals surface area contributed by atoms with E-state index in [9.17, 15) is 0 Å². The minimum absolute atomic E-state index is 0.528. The first-order chi connectivity index (χ1) is 4.43. The van der Waals surface area contributed by atoms with Gasteiger partial charge in [0.1, 0.15) is 12.7 Å². The molecule has 1 heterocycles. The van der Waals surface area contributed by atoms with Crippen LogP contribution in [0, 0.1) is 0 Å². The van der Waals surface area contributed by atoms with Crippen molar-refractivity contribution >= 4 is 6.20 Å². The lowest BCUT2D eigenvalue weighted by molar-refractivity contribution is 0.930. The molecule has 0 amide bonds. The van der Waals surface area contributed by atoms with Gasteiger partial charge in [0.05, 0.1) is 0 Å². The summed E-state index contributed by atoms with van der Waals surface area (Å²) in [7, 11) is 0. The van der Waals surface area contributed by atoms with Crippen LogP contribution in [0.1, 0.15) is 0 Å². The van der Waals surface area contributed by atoms with E-state index in [0.29, 0.717) is 6.54 Å². The molecular formula is C5H8N4. The van der Waals surface area contributed by atoms with Crippen molar-refractivity contribution in [2.45, 2.75) is 0 Å². The molecule has 0 aliphatic carbocycles. The first-order valence-electron chi connectivity index (χ1n) is 2.64. The predicted octanol–water partition coefficient (Wildman–Crippen LogP) is -0.293. The van der Waals surface area contributed by atoms with Crippen LogP contribution in [0.15, 0.2) is 18.7 Å². The molecule has 9 heavy (non-hydrogen) atoms. The lowest BCUT2D eigenvalue weighted by Gasteiger charge is -1.84. The second kappa shape index (κ2) is 2.99. The monoisotopic (exact) mass is 124 g/mol. The third-order valence-electron chi connectivity index (χ3n) is 0.831. The number of hydrogen-bond acceptors (Lipinski definition) is 3. The first-order valence-corrected chi connectivity index (χ1v) is 2.64. The largest absolute Gasteiger partial charge is 0.327 e. The zero-order chi connectivity index (χ0) is 6.53. The van der Waals surface area contributed by atoms with Crippen molar-refractivity contribution in [2.75, 3.05) is 6.54 Å². The van der Waals surface area contributed by atoms with Crippen LogP contribution in [-0.4, -0.2) is 21.3 Å². The van der Waals surface area contributed by atoms with Gasteiger partial charge in [-0.25, -0.2) is 9.67 Å². The molecule has 0 saturated heterocycles. The third-order valence-corrected chi connectivity index (χ3v) is 0.831. The van der Waals surface area contributed by atoms with Crippen molar-refractivity contribution in [2.24, 2.45) is 5.73 Å². The molecule has 0 aromatic carbocycles. The standard InChI is InChI=1S/C5H8N4/c6-2-1-3-9-5-7-4-8-9/h1,3-5H,2,6H2. The summed E-state index contributed by atoms with van der Waals surface area (Å²) in [6.07, 6.45) is 6.63. The van der Waals surface area contributed by atoms with Crippen LogP contribution in [0.25, 0.3) is 6.20 Å². The van der Waals surface area contributed by atoms with Crippen LogP contribution in [-0.2, 0) is 0 Å². The van der Waals surface area contributed by atoms with Crippen LogP contribution in [0.5, 0.6) is 0 Å². The minimum atomic E-state index is 0.528. The van der Waals surface area contributed by atoms with E-state index in [1.54, 1.807) is 23.3 Å². The van der Waals surface area contributed by atoms with Gasteiger partial charge in [0.2, 0.25) is 0 Å². The Morgan fingerprint density at radius 3 is 3.11 bits per heavy atom. The summed E-state index contributed by atoms with van der Waals surface area (Å²) in [6.45, 7) is 0.528. The van der Waals surface area contributed by atoms with E-state index in [0.717, 1.165) is 0 Å². The van der Waals surface area contributed by atoms with Crippen molar-refractivity contribution < 1.29 is 0 Å². The van der Waals surface area contributed by atoms with E-state index in [2.05, 4.69) is 10.1 Å². The van der Waals surface area contributed by atoms with Crippen molar-refractivity contribution in [3.8, 4) is 0 Å². The van der Waals surface area contributed by atoms with Gasteiger partial charge in [-0.3, -0.25) is 0 Å². The van der Waals surface area contributed by atoms with Crippen LogP contribution in [0.4, 0.5) is 0 Å². The Balaban J connectivity index is 2.57. The first kappa shape index (κ1) is 5.97. The Labute approximate surface area is 53.0 Å². The maximum Gasteiger partial charge on any atom is 0.138 e. The molecular weight excluding hydrogens is 116 g/mol. The second-order valence-corrected chi connectivity index (χ2v) is 1.50. The topological polar surface area (TPSA) is 56.7 Å². The highest BCUT2D eigenvalue weighted by Crippen LogP contribution is 1.78. The molecule has 1 aromatic heterocycles. The van der Waals surface area contributed by atoms with Crippen molar-refractivity contribution in [1.29, 1.82) is 0 Å². The van der Waals surface area contributed by atoms with Crippen LogP contribution in [0.2, 0.25) is 0 Å². The molecule has 48 valence electrons. The van der Waals surface area contributed by atoms with Gasteiger partial charge in [-0.2, -0.15) is 5.10 Å². The normalized spacial score (nSPS) is 10.8.